The Morgan fingerprint density at radius 1 is 1.11 bits per heavy atom. The number of benzene rings is 2. The van der Waals surface area contributed by atoms with Crippen LogP contribution >= 0.6 is 11.6 Å². The van der Waals surface area contributed by atoms with E-state index in [0.717, 1.165) is 41.8 Å². The number of carbonyl (C=O) groups excluding carboxylic acids is 1. The molecule has 0 atom stereocenters. The summed E-state index contributed by atoms with van der Waals surface area (Å²) >= 11 is 6.49. The second-order valence-corrected chi connectivity index (χ2v) is 10.5. The lowest BCUT2D eigenvalue weighted by Gasteiger charge is -2.51. The summed E-state index contributed by atoms with van der Waals surface area (Å²) in [5, 5.41) is 5.94. The van der Waals surface area contributed by atoms with Gasteiger partial charge in [-0.2, -0.15) is 0 Å². The minimum atomic E-state index is -0.487. The van der Waals surface area contributed by atoms with E-state index in [1.54, 1.807) is 23.9 Å². The van der Waals surface area contributed by atoms with Gasteiger partial charge >= 0.3 is 0 Å². The number of anilines is 1. The number of aryl methyl sites for hydroxylation is 1. The van der Waals surface area contributed by atoms with E-state index < -0.39 is 5.54 Å². The molecule has 1 amide bonds. The smallest absolute Gasteiger partial charge is 0.258 e. The number of hydrogen-bond acceptors (Lipinski definition) is 4. The molecule has 2 aliphatic heterocycles. The van der Waals surface area contributed by atoms with Crippen LogP contribution in [0.25, 0.3) is 10.8 Å². The van der Waals surface area contributed by atoms with Gasteiger partial charge in [0.15, 0.2) is 0 Å². The number of nitrogens with zero attached hydrogens (tertiary/aromatic N) is 3. The molecule has 6 nitrogen and oxygen atoms in total. The molecular weight excluding hydrogens is 472 g/mol. The fourth-order valence-electron chi connectivity index (χ4n) is 5.44. The van der Waals surface area contributed by atoms with Crippen molar-refractivity contribution in [3.63, 3.8) is 0 Å². The van der Waals surface area contributed by atoms with Gasteiger partial charge in [0.25, 0.3) is 5.56 Å². The molecule has 0 radical (unpaired) electrons. The highest BCUT2D eigenvalue weighted by molar-refractivity contribution is 6.31. The summed E-state index contributed by atoms with van der Waals surface area (Å²) in [6.07, 6.45) is 9.26. The first-order chi connectivity index (χ1) is 17.4. The van der Waals surface area contributed by atoms with Gasteiger partial charge in [-0.25, -0.2) is 0 Å². The number of piperidine rings is 1. The van der Waals surface area contributed by atoms with Crippen LogP contribution in [-0.4, -0.2) is 53.0 Å². The zero-order valence-corrected chi connectivity index (χ0v) is 21.7. The molecule has 5 rings (SSSR count). The van der Waals surface area contributed by atoms with Crippen LogP contribution in [0, 0.1) is 6.92 Å². The maximum absolute atomic E-state index is 13.0. The van der Waals surface area contributed by atoms with Crippen molar-refractivity contribution in [2.24, 2.45) is 7.05 Å². The van der Waals surface area contributed by atoms with Gasteiger partial charge in [-0.15, -0.1) is 0 Å². The quantitative estimate of drug-likeness (QED) is 0.495. The molecule has 2 saturated heterocycles. The van der Waals surface area contributed by atoms with E-state index in [1.165, 1.54) is 19.3 Å². The Balaban J connectivity index is 1.38. The Kier molecular flexibility index (Phi) is 6.91. The average molecular weight is 505 g/mol. The zero-order chi connectivity index (χ0) is 25.3. The molecule has 0 unspecified atom stereocenters. The monoisotopic (exact) mass is 504 g/mol. The number of pyridine rings is 1. The highest BCUT2D eigenvalue weighted by atomic mass is 35.5. The molecular formula is C29H33ClN4O2. The van der Waals surface area contributed by atoms with Crippen molar-refractivity contribution in [2.75, 3.05) is 38.0 Å². The molecule has 1 aromatic heterocycles. The first-order valence-corrected chi connectivity index (χ1v) is 13.1. The molecule has 2 aliphatic rings. The predicted molar refractivity (Wildman–Crippen MR) is 147 cm³/mol. The van der Waals surface area contributed by atoms with E-state index in [9.17, 15) is 9.59 Å². The molecule has 1 N–H and O–H groups in total. The molecule has 2 aromatic carbocycles. The van der Waals surface area contributed by atoms with Crippen LogP contribution in [-0.2, 0) is 17.4 Å². The Labute approximate surface area is 217 Å². The zero-order valence-electron chi connectivity index (χ0n) is 21.0. The molecule has 0 aliphatic carbocycles. The predicted octanol–water partition coefficient (Wildman–Crippen LogP) is 4.69. The number of nitrogens with one attached hydrogen (secondary N) is 1. The first kappa shape index (κ1) is 24.6. The van der Waals surface area contributed by atoms with Crippen LogP contribution in [0.3, 0.4) is 0 Å². The van der Waals surface area contributed by atoms with Gasteiger partial charge in [0.1, 0.15) is 0 Å². The number of likely N-dealkylation sites (tertiary alicyclic amines) is 2. The summed E-state index contributed by atoms with van der Waals surface area (Å²) in [6.45, 7) is 6.09. The Morgan fingerprint density at radius 3 is 2.67 bits per heavy atom. The molecule has 36 heavy (non-hydrogen) atoms. The summed E-state index contributed by atoms with van der Waals surface area (Å²) in [7, 11) is 1.76. The van der Waals surface area contributed by atoms with Crippen molar-refractivity contribution in [1.29, 1.82) is 0 Å². The first-order valence-electron chi connectivity index (χ1n) is 12.7. The SMILES string of the molecule is Cc1c(Cl)cccc1C1(Nc2ccc3ccn(C)c(=O)c3c2)CN(C(=O)/C=C/CN2CCCCC2)C1. The van der Waals surface area contributed by atoms with Crippen molar-refractivity contribution in [1.82, 2.24) is 14.4 Å². The average Bonchev–Trinajstić information content (AvgIpc) is 2.86. The summed E-state index contributed by atoms with van der Waals surface area (Å²) in [6, 6.07) is 13.7. The molecule has 0 saturated carbocycles. The Hall–Kier alpha value is -3.09. The molecule has 7 heteroatoms. The van der Waals surface area contributed by atoms with Gasteiger partial charge in [0, 0.05) is 42.0 Å². The highest BCUT2D eigenvalue weighted by Gasteiger charge is 2.47. The van der Waals surface area contributed by atoms with Crippen LogP contribution in [0.4, 0.5) is 5.69 Å². The summed E-state index contributed by atoms with van der Waals surface area (Å²) in [4.78, 5) is 29.9. The topological polar surface area (TPSA) is 57.6 Å². The second-order valence-electron chi connectivity index (χ2n) is 10.1. The molecule has 2 fully saturated rings. The van der Waals surface area contributed by atoms with Gasteiger partial charge < -0.3 is 14.8 Å². The van der Waals surface area contributed by atoms with Crippen molar-refractivity contribution in [3.05, 3.63) is 87.3 Å². The number of halogens is 1. The molecule has 188 valence electrons. The third kappa shape index (κ3) is 4.80. The van der Waals surface area contributed by atoms with Gasteiger partial charge in [-0.3, -0.25) is 14.5 Å². The minimum absolute atomic E-state index is 0.0245. The minimum Gasteiger partial charge on any atom is -0.372 e. The number of hydrogen-bond donors (Lipinski definition) is 1. The van der Waals surface area contributed by atoms with E-state index in [2.05, 4.69) is 16.3 Å². The van der Waals surface area contributed by atoms with Crippen molar-refractivity contribution in [2.45, 2.75) is 31.7 Å². The molecule has 3 heterocycles. The third-order valence-corrected chi connectivity index (χ3v) is 7.96. The molecule has 0 bridgehead atoms. The fraction of sp³-hybridized carbons (Fsp3) is 0.379. The van der Waals surface area contributed by atoms with Gasteiger partial charge in [-0.1, -0.05) is 42.3 Å². The Morgan fingerprint density at radius 2 is 1.89 bits per heavy atom. The maximum atomic E-state index is 13.0. The lowest BCUT2D eigenvalue weighted by molar-refractivity contribution is -0.132. The van der Waals surface area contributed by atoms with Gasteiger partial charge in [0.2, 0.25) is 5.91 Å². The van der Waals surface area contributed by atoms with E-state index in [1.807, 2.05) is 54.3 Å². The van der Waals surface area contributed by atoms with Crippen LogP contribution in [0.1, 0.15) is 30.4 Å². The molecule has 3 aromatic rings. The maximum Gasteiger partial charge on any atom is 0.258 e. The van der Waals surface area contributed by atoms with E-state index in [4.69, 9.17) is 11.6 Å². The van der Waals surface area contributed by atoms with E-state index in [0.29, 0.717) is 23.5 Å². The van der Waals surface area contributed by atoms with Crippen molar-refractivity contribution in [3.8, 4) is 0 Å². The fourth-order valence-corrected chi connectivity index (χ4v) is 5.62. The van der Waals surface area contributed by atoms with Crippen molar-refractivity contribution >= 4 is 34.0 Å². The standard InChI is InChI=1S/C29H33ClN4O2/c1-21-25(8-6-9-26(21)30)29(31-23-12-11-22-13-17-32(2)28(36)24(22)18-23)19-34(20-29)27(35)10-7-16-33-14-4-3-5-15-33/h6-13,17-18,31H,3-5,14-16,19-20H2,1-2H3/b10-7+. The van der Waals surface area contributed by atoms with Gasteiger partial charge in [0.05, 0.1) is 18.6 Å². The van der Waals surface area contributed by atoms with Crippen LogP contribution in [0.2, 0.25) is 5.02 Å². The van der Waals surface area contributed by atoms with Gasteiger partial charge in [-0.05, 0) is 73.6 Å². The number of carbonyl (C=O) groups is 1. The van der Waals surface area contributed by atoms with E-state index >= 15 is 0 Å². The highest BCUT2D eigenvalue weighted by Crippen LogP contribution is 2.39. The number of rotatable bonds is 6. The normalized spacial score (nSPS) is 17.9. The summed E-state index contributed by atoms with van der Waals surface area (Å²) in [5.41, 5.74) is 2.39. The third-order valence-electron chi connectivity index (χ3n) is 7.55. The lowest BCUT2D eigenvalue weighted by Crippen LogP contribution is -2.65. The second kappa shape index (κ2) is 10.1. The van der Waals surface area contributed by atoms with Crippen LogP contribution < -0.4 is 10.9 Å². The summed E-state index contributed by atoms with van der Waals surface area (Å²) < 4.78 is 1.59. The van der Waals surface area contributed by atoms with Crippen molar-refractivity contribution < 1.29 is 4.79 Å². The largest absolute Gasteiger partial charge is 0.372 e. The Bertz CT molecular complexity index is 1370. The van der Waals surface area contributed by atoms with E-state index in [-0.39, 0.29) is 11.5 Å². The number of aromatic nitrogens is 1. The summed E-state index contributed by atoms with van der Waals surface area (Å²) in [5.74, 6) is 0.0245. The van der Waals surface area contributed by atoms with Crippen LogP contribution in [0.15, 0.2) is 65.6 Å². The lowest BCUT2D eigenvalue weighted by atomic mass is 9.79. The number of fused-ring (bicyclic) bond motifs is 1. The number of amides is 1. The van der Waals surface area contributed by atoms with Crippen LogP contribution in [0.5, 0.6) is 0 Å². The molecule has 0 spiro atoms.